The predicted molar refractivity (Wildman–Crippen MR) is 40.5 cm³/mol. The summed E-state index contributed by atoms with van der Waals surface area (Å²) in [5, 5.41) is 8.57. The van der Waals surface area contributed by atoms with E-state index in [1.807, 2.05) is 0 Å². The van der Waals surface area contributed by atoms with E-state index in [-0.39, 0.29) is 0 Å². The summed E-state index contributed by atoms with van der Waals surface area (Å²) in [6.45, 7) is 3.84. The predicted octanol–water partition coefficient (Wildman–Crippen LogP) is 0.964. The minimum Gasteiger partial charge on any atom is -0.465 e. The number of carboxylic acid groups (broad SMARTS) is 1. The van der Waals surface area contributed by atoms with Gasteiger partial charge in [0.2, 0.25) is 0 Å². The van der Waals surface area contributed by atoms with E-state index in [0.29, 0.717) is 19.3 Å². The van der Waals surface area contributed by atoms with Crippen LogP contribution in [0.1, 0.15) is 20.3 Å². The molecule has 4 heteroatoms. The van der Waals surface area contributed by atoms with Crippen LogP contribution in [0, 0.1) is 0 Å². The summed E-state index contributed by atoms with van der Waals surface area (Å²) in [6.07, 6.45) is 0.160. The highest BCUT2D eigenvalue weighted by Crippen LogP contribution is 2.00. The maximum absolute atomic E-state index is 10.5. The van der Waals surface area contributed by atoms with Gasteiger partial charge >= 0.3 is 6.09 Å². The summed E-state index contributed by atoms with van der Waals surface area (Å²) < 4.78 is 0. The Kier molecular flexibility index (Phi) is 4.26. The second-order valence-corrected chi connectivity index (χ2v) is 2.18. The van der Waals surface area contributed by atoms with Gasteiger partial charge in [-0.1, -0.05) is 6.92 Å². The van der Waals surface area contributed by atoms with Gasteiger partial charge in [-0.15, -0.1) is 0 Å². The highest BCUT2D eigenvalue weighted by Gasteiger charge is 2.18. The highest BCUT2D eigenvalue weighted by atomic mass is 16.4. The van der Waals surface area contributed by atoms with Crippen LogP contribution in [-0.4, -0.2) is 35.0 Å². The molecule has 0 rings (SSSR count). The van der Waals surface area contributed by atoms with Gasteiger partial charge < -0.3 is 9.90 Å². The Morgan fingerprint density at radius 1 is 1.64 bits per heavy atom. The van der Waals surface area contributed by atoms with Crippen molar-refractivity contribution >= 4 is 12.4 Å². The van der Waals surface area contributed by atoms with Crippen LogP contribution in [0.3, 0.4) is 0 Å². The molecule has 11 heavy (non-hydrogen) atoms. The fourth-order valence-corrected chi connectivity index (χ4v) is 0.902. The topological polar surface area (TPSA) is 57.6 Å². The van der Waals surface area contributed by atoms with E-state index in [9.17, 15) is 9.59 Å². The normalized spacial score (nSPS) is 12.2. The third-order valence-corrected chi connectivity index (χ3v) is 1.56. The minimum absolute atomic E-state index is 0.354. The molecule has 4 nitrogen and oxygen atoms in total. The zero-order chi connectivity index (χ0) is 8.85. The van der Waals surface area contributed by atoms with Crippen molar-refractivity contribution in [3.8, 4) is 0 Å². The summed E-state index contributed by atoms with van der Waals surface area (Å²) in [4.78, 5) is 21.9. The number of aldehydes is 1. The van der Waals surface area contributed by atoms with E-state index in [0.717, 1.165) is 4.90 Å². The van der Waals surface area contributed by atoms with Gasteiger partial charge in [-0.2, -0.15) is 0 Å². The summed E-state index contributed by atoms with van der Waals surface area (Å²) in [5.74, 6) is 0. The van der Waals surface area contributed by atoms with Crippen LogP contribution in [0.4, 0.5) is 4.79 Å². The van der Waals surface area contributed by atoms with Crippen LogP contribution in [0.15, 0.2) is 0 Å². The number of carbonyl (C=O) groups is 2. The lowest BCUT2D eigenvalue weighted by Crippen LogP contribution is -2.39. The monoisotopic (exact) mass is 159 g/mol. The number of hydrogen-bond donors (Lipinski definition) is 1. The molecule has 0 saturated carbocycles. The van der Waals surface area contributed by atoms with E-state index in [4.69, 9.17) is 5.11 Å². The first-order chi connectivity index (χ1) is 5.17. The number of hydrogen-bond acceptors (Lipinski definition) is 2. The lowest BCUT2D eigenvalue weighted by Gasteiger charge is -2.22. The largest absolute Gasteiger partial charge is 0.465 e. The Hall–Kier alpha value is -1.06. The van der Waals surface area contributed by atoms with E-state index in [1.165, 1.54) is 0 Å². The Morgan fingerprint density at radius 2 is 2.18 bits per heavy atom. The van der Waals surface area contributed by atoms with Crippen molar-refractivity contribution in [1.29, 1.82) is 0 Å². The molecule has 0 aromatic carbocycles. The quantitative estimate of drug-likeness (QED) is 0.621. The fourth-order valence-electron chi connectivity index (χ4n) is 0.902. The van der Waals surface area contributed by atoms with Crippen molar-refractivity contribution in [3.63, 3.8) is 0 Å². The van der Waals surface area contributed by atoms with Gasteiger partial charge in [-0.05, 0) is 13.3 Å². The second kappa shape index (κ2) is 4.71. The van der Waals surface area contributed by atoms with Gasteiger partial charge in [-0.25, -0.2) is 4.79 Å². The Bertz CT molecular complexity index is 147. The van der Waals surface area contributed by atoms with Gasteiger partial charge in [0.25, 0.3) is 0 Å². The number of rotatable bonds is 4. The zero-order valence-corrected chi connectivity index (χ0v) is 6.78. The SMILES string of the molecule is CCC(C=O)N(CC)C(=O)O. The molecule has 0 spiro atoms. The van der Waals surface area contributed by atoms with Gasteiger partial charge in [-0.3, -0.25) is 4.90 Å². The van der Waals surface area contributed by atoms with Crippen molar-refractivity contribution < 1.29 is 14.7 Å². The molecule has 0 saturated heterocycles. The molecule has 1 amide bonds. The first kappa shape index (κ1) is 9.94. The Labute approximate surface area is 65.8 Å². The van der Waals surface area contributed by atoms with Crippen molar-refractivity contribution in [2.45, 2.75) is 26.3 Å². The molecule has 0 heterocycles. The molecule has 0 aliphatic heterocycles. The van der Waals surface area contributed by atoms with Gasteiger partial charge in [0, 0.05) is 6.54 Å². The molecular formula is C7H13NO3. The molecule has 64 valence electrons. The number of carbonyl (C=O) groups excluding carboxylic acids is 1. The van der Waals surface area contributed by atoms with Crippen molar-refractivity contribution in [2.75, 3.05) is 6.54 Å². The van der Waals surface area contributed by atoms with E-state index >= 15 is 0 Å². The summed E-state index contributed by atoms with van der Waals surface area (Å²) in [5.41, 5.74) is 0. The van der Waals surface area contributed by atoms with E-state index in [2.05, 4.69) is 0 Å². The third kappa shape index (κ3) is 2.57. The standard InChI is InChI=1S/C7H13NO3/c1-3-6(5-9)8(4-2)7(10)11/h5-6H,3-4H2,1-2H3,(H,10,11). The fraction of sp³-hybridized carbons (Fsp3) is 0.714. The number of nitrogens with zero attached hydrogens (tertiary/aromatic N) is 1. The van der Waals surface area contributed by atoms with Crippen molar-refractivity contribution in [2.24, 2.45) is 0 Å². The summed E-state index contributed by atoms with van der Waals surface area (Å²) in [6, 6.07) is -0.488. The molecule has 0 aromatic rings. The molecule has 0 aliphatic carbocycles. The third-order valence-electron chi connectivity index (χ3n) is 1.56. The maximum Gasteiger partial charge on any atom is 0.407 e. The average molecular weight is 159 g/mol. The molecule has 0 fully saturated rings. The average Bonchev–Trinajstić information content (AvgIpc) is 1.99. The second-order valence-electron chi connectivity index (χ2n) is 2.18. The van der Waals surface area contributed by atoms with Gasteiger partial charge in [0.1, 0.15) is 6.29 Å². The molecule has 1 atom stereocenters. The van der Waals surface area contributed by atoms with Crippen LogP contribution in [0.25, 0.3) is 0 Å². The van der Waals surface area contributed by atoms with E-state index < -0.39 is 12.1 Å². The molecule has 1 N–H and O–H groups in total. The van der Waals surface area contributed by atoms with Gasteiger partial charge in [0.05, 0.1) is 6.04 Å². The maximum atomic E-state index is 10.5. The zero-order valence-electron chi connectivity index (χ0n) is 6.78. The van der Waals surface area contributed by atoms with Crippen LogP contribution in [-0.2, 0) is 4.79 Å². The molecule has 0 aliphatic rings. The van der Waals surface area contributed by atoms with Crippen molar-refractivity contribution in [3.05, 3.63) is 0 Å². The van der Waals surface area contributed by atoms with Crippen LogP contribution >= 0.6 is 0 Å². The van der Waals surface area contributed by atoms with Gasteiger partial charge in [0.15, 0.2) is 0 Å². The lowest BCUT2D eigenvalue weighted by atomic mass is 10.2. The molecular weight excluding hydrogens is 146 g/mol. The summed E-state index contributed by atoms with van der Waals surface area (Å²) >= 11 is 0. The first-order valence-electron chi connectivity index (χ1n) is 3.62. The Morgan fingerprint density at radius 3 is 2.27 bits per heavy atom. The lowest BCUT2D eigenvalue weighted by molar-refractivity contribution is -0.112. The van der Waals surface area contributed by atoms with Crippen LogP contribution < -0.4 is 0 Å². The summed E-state index contributed by atoms with van der Waals surface area (Å²) in [7, 11) is 0. The van der Waals surface area contributed by atoms with Crippen molar-refractivity contribution in [1.82, 2.24) is 4.90 Å². The van der Waals surface area contributed by atoms with Crippen LogP contribution in [0.5, 0.6) is 0 Å². The van der Waals surface area contributed by atoms with Crippen LogP contribution in [0.2, 0.25) is 0 Å². The van der Waals surface area contributed by atoms with E-state index in [1.54, 1.807) is 13.8 Å². The number of amides is 1. The molecule has 0 bridgehead atoms. The number of likely N-dealkylation sites (N-methyl/N-ethyl adjacent to an activating group) is 1. The molecule has 0 radical (unpaired) electrons. The minimum atomic E-state index is -1.04. The Balaban J connectivity index is 4.20. The molecule has 1 unspecified atom stereocenters. The highest BCUT2D eigenvalue weighted by molar-refractivity contribution is 5.71. The smallest absolute Gasteiger partial charge is 0.407 e. The first-order valence-corrected chi connectivity index (χ1v) is 3.62. The molecule has 0 aromatic heterocycles.